The number of nitrogens with one attached hydrogen (secondary N) is 1. The number of aromatic amines is 1. The highest BCUT2D eigenvalue weighted by Gasteiger charge is 2.27. The van der Waals surface area contributed by atoms with Gasteiger partial charge in [-0.2, -0.15) is 0 Å². The van der Waals surface area contributed by atoms with Crippen molar-refractivity contribution in [1.29, 1.82) is 0 Å². The van der Waals surface area contributed by atoms with Crippen molar-refractivity contribution in [2.24, 2.45) is 0 Å². The van der Waals surface area contributed by atoms with E-state index in [0.29, 0.717) is 19.8 Å². The summed E-state index contributed by atoms with van der Waals surface area (Å²) in [6.07, 6.45) is 1.75. The molecule has 4 aromatic rings. The van der Waals surface area contributed by atoms with Crippen molar-refractivity contribution in [3.05, 3.63) is 93.3 Å². The zero-order valence-electron chi connectivity index (χ0n) is 21.3. The second kappa shape index (κ2) is 11.2. The Labute approximate surface area is 220 Å². The van der Waals surface area contributed by atoms with Gasteiger partial charge in [0.2, 0.25) is 0 Å². The van der Waals surface area contributed by atoms with Crippen LogP contribution in [0.15, 0.2) is 65.5 Å². The van der Waals surface area contributed by atoms with Gasteiger partial charge in [0.1, 0.15) is 35.7 Å². The Morgan fingerprint density at radius 1 is 0.973 bits per heavy atom. The minimum atomic E-state index is -0.0758. The van der Waals surface area contributed by atoms with Gasteiger partial charge < -0.3 is 18.9 Å². The smallest absolute Gasteiger partial charge is 0.258 e. The Bertz CT molecular complexity index is 1400. The maximum Gasteiger partial charge on any atom is 0.258 e. The molecular formula is C30H31NO5S. The molecule has 3 aromatic carbocycles. The van der Waals surface area contributed by atoms with Crippen LogP contribution in [-0.4, -0.2) is 24.2 Å². The summed E-state index contributed by atoms with van der Waals surface area (Å²) in [4.78, 5) is 12.4. The number of fused-ring (bicyclic) bond motifs is 1. The van der Waals surface area contributed by atoms with Crippen LogP contribution in [-0.2, 0) is 11.2 Å². The molecule has 7 heteroatoms. The molecule has 0 bridgehead atoms. The Hall–Kier alpha value is -3.55. The van der Waals surface area contributed by atoms with E-state index < -0.39 is 0 Å². The fourth-order valence-corrected chi connectivity index (χ4v) is 5.41. The van der Waals surface area contributed by atoms with E-state index in [9.17, 15) is 4.79 Å². The first-order valence-electron chi connectivity index (χ1n) is 12.6. The third-order valence-corrected chi connectivity index (χ3v) is 7.34. The first kappa shape index (κ1) is 25.1. The summed E-state index contributed by atoms with van der Waals surface area (Å²) in [6, 6.07) is 19.7. The summed E-state index contributed by atoms with van der Waals surface area (Å²) in [7, 11) is 0. The Balaban J connectivity index is 1.29. The summed E-state index contributed by atoms with van der Waals surface area (Å²) in [6.45, 7) is 7.85. The topological polar surface area (TPSA) is 69.8 Å². The number of hydrogen-bond donors (Lipinski definition) is 1. The lowest BCUT2D eigenvalue weighted by Gasteiger charge is -2.18. The maximum atomic E-state index is 11.4. The van der Waals surface area contributed by atoms with E-state index in [0.717, 1.165) is 63.0 Å². The van der Waals surface area contributed by atoms with Gasteiger partial charge in [0.05, 0.1) is 11.5 Å². The van der Waals surface area contributed by atoms with Gasteiger partial charge in [-0.05, 0) is 98.3 Å². The summed E-state index contributed by atoms with van der Waals surface area (Å²) in [5.74, 6) is 3.36. The van der Waals surface area contributed by atoms with Crippen LogP contribution >= 0.6 is 11.5 Å². The van der Waals surface area contributed by atoms with E-state index in [2.05, 4.69) is 10.4 Å². The van der Waals surface area contributed by atoms with Crippen molar-refractivity contribution >= 4 is 11.5 Å². The van der Waals surface area contributed by atoms with Crippen molar-refractivity contribution in [3.8, 4) is 33.4 Å². The van der Waals surface area contributed by atoms with Gasteiger partial charge in [-0.15, -0.1) is 0 Å². The monoisotopic (exact) mass is 517 g/mol. The van der Waals surface area contributed by atoms with Gasteiger partial charge in [0, 0.05) is 18.2 Å². The number of aromatic nitrogens is 1. The van der Waals surface area contributed by atoms with E-state index in [1.54, 1.807) is 6.07 Å². The highest BCUT2D eigenvalue weighted by molar-refractivity contribution is 7.09. The molecule has 0 saturated carbocycles. The fourth-order valence-electron chi connectivity index (χ4n) is 4.72. The molecule has 0 amide bonds. The van der Waals surface area contributed by atoms with Crippen molar-refractivity contribution in [2.45, 2.75) is 39.7 Å². The normalized spacial score (nSPS) is 14.4. The molecule has 0 spiro atoms. The Kier molecular flexibility index (Phi) is 7.63. The summed E-state index contributed by atoms with van der Waals surface area (Å²) in [5, 5.41) is 0. The molecule has 1 aromatic heterocycles. The van der Waals surface area contributed by atoms with Crippen LogP contribution in [0.3, 0.4) is 0 Å². The summed E-state index contributed by atoms with van der Waals surface area (Å²) in [5.41, 5.74) is 5.33. The van der Waals surface area contributed by atoms with E-state index >= 15 is 0 Å². The maximum absolute atomic E-state index is 11.4. The van der Waals surface area contributed by atoms with Crippen molar-refractivity contribution in [3.63, 3.8) is 0 Å². The molecule has 1 aliphatic rings. The van der Waals surface area contributed by atoms with Crippen LogP contribution < -0.4 is 19.8 Å². The fraction of sp³-hybridized carbons (Fsp3) is 0.300. The van der Waals surface area contributed by atoms with Crippen LogP contribution in [0.2, 0.25) is 0 Å². The summed E-state index contributed by atoms with van der Waals surface area (Å²) >= 11 is 1.34. The summed E-state index contributed by atoms with van der Waals surface area (Å²) < 4.78 is 26.8. The number of ether oxygens (including phenoxy) is 4. The standard InChI is InChI=1S/C30H31NO5S/c1-4-33-14-15-34-23-16-19(2)30(20(3)17-23)36-26-7-5-6-24-25(26)12-13-27(24)35-22-10-8-21(9-11-22)28-18-29(32)31-37-28/h5-11,16-18,27H,4,12-15H2,1-3H3,(H,31,32)/t27-/m1/s1. The van der Waals surface area contributed by atoms with Gasteiger partial charge in [-0.1, -0.05) is 23.7 Å². The first-order valence-corrected chi connectivity index (χ1v) is 13.4. The molecule has 0 aliphatic heterocycles. The van der Waals surface area contributed by atoms with Gasteiger partial charge >= 0.3 is 0 Å². The minimum absolute atomic E-state index is 0.0315. The lowest BCUT2D eigenvalue weighted by molar-refractivity contribution is 0.110. The predicted molar refractivity (Wildman–Crippen MR) is 146 cm³/mol. The SMILES string of the molecule is CCOCCOc1cc(C)c(Oc2cccc3c2CC[C@H]3Oc2ccc(-c3cc(=O)[nH]s3)cc2)c(C)c1. The van der Waals surface area contributed by atoms with E-state index in [4.69, 9.17) is 18.9 Å². The number of benzene rings is 3. The number of rotatable bonds is 10. The first-order chi connectivity index (χ1) is 18.0. The zero-order chi connectivity index (χ0) is 25.8. The molecule has 0 unspecified atom stereocenters. The Morgan fingerprint density at radius 2 is 1.76 bits per heavy atom. The second-order valence-corrected chi connectivity index (χ2v) is 9.95. The minimum Gasteiger partial charge on any atom is -0.491 e. The molecule has 192 valence electrons. The molecule has 1 atom stereocenters. The number of hydrogen-bond acceptors (Lipinski definition) is 6. The Morgan fingerprint density at radius 3 is 2.46 bits per heavy atom. The molecule has 37 heavy (non-hydrogen) atoms. The van der Waals surface area contributed by atoms with Crippen molar-refractivity contribution in [2.75, 3.05) is 19.8 Å². The largest absolute Gasteiger partial charge is 0.491 e. The van der Waals surface area contributed by atoms with Crippen molar-refractivity contribution in [1.82, 2.24) is 4.37 Å². The molecule has 1 N–H and O–H groups in total. The third-order valence-electron chi connectivity index (χ3n) is 6.46. The molecule has 6 nitrogen and oxygen atoms in total. The van der Waals surface area contributed by atoms with E-state index in [1.807, 2.05) is 69.3 Å². The van der Waals surface area contributed by atoms with E-state index in [-0.39, 0.29) is 11.7 Å². The van der Waals surface area contributed by atoms with Crippen LogP contribution in [0.4, 0.5) is 0 Å². The molecule has 1 heterocycles. The van der Waals surface area contributed by atoms with Crippen LogP contribution in [0.1, 0.15) is 41.7 Å². The predicted octanol–water partition coefficient (Wildman–Crippen LogP) is 6.99. The number of aryl methyl sites for hydroxylation is 2. The molecule has 0 radical (unpaired) electrons. The lowest BCUT2D eigenvalue weighted by atomic mass is 10.1. The van der Waals surface area contributed by atoms with Crippen molar-refractivity contribution < 1.29 is 18.9 Å². The molecule has 0 fully saturated rings. The highest BCUT2D eigenvalue weighted by Crippen LogP contribution is 2.42. The molecule has 1 aliphatic carbocycles. The van der Waals surface area contributed by atoms with E-state index in [1.165, 1.54) is 17.1 Å². The van der Waals surface area contributed by atoms with Gasteiger partial charge in [0.25, 0.3) is 5.56 Å². The molecular weight excluding hydrogens is 486 g/mol. The average molecular weight is 518 g/mol. The average Bonchev–Trinajstić information content (AvgIpc) is 3.51. The lowest BCUT2D eigenvalue weighted by Crippen LogP contribution is -2.06. The van der Waals surface area contributed by atoms with Gasteiger partial charge in [0.15, 0.2) is 0 Å². The van der Waals surface area contributed by atoms with Crippen LogP contribution in [0, 0.1) is 13.8 Å². The highest BCUT2D eigenvalue weighted by atomic mass is 32.1. The quantitative estimate of drug-likeness (QED) is 0.230. The number of H-pyrrole nitrogens is 1. The molecule has 5 rings (SSSR count). The zero-order valence-corrected chi connectivity index (χ0v) is 22.2. The van der Waals surface area contributed by atoms with Crippen LogP contribution in [0.5, 0.6) is 23.0 Å². The van der Waals surface area contributed by atoms with Crippen LogP contribution in [0.25, 0.3) is 10.4 Å². The van der Waals surface area contributed by atoms with Gasteiger partial charge in [-0.3, -0.25) is 9.17 Å². The molecule has 0 saturated heterocycles. The second-order valence-electron chi connectivity index (χ2n) is 9.10. The third kappa shape index (κ3) is 5.73. The van der Waals surface area contributed by atoms with Gasteiger partial charge in [-0.25, -0.2) is 0 Å².